The Kier molecular flexibility index (Phi) is 4.38. The lowest BCUT2D eigenvalue weighted by Crippen LogP contribution is -2.15. The summed E-state index contributed by atoms with van der Waals surface area (Å²) in [5.41, 5.74) is 10.6. The summed E-state index contributed by atoms with van der Waals surface area (Å²) >= 11 is 3.52. The van der Waals surface area contributed by atoms with E-state index in [4.69, 9.17) is 5.73 Å². The van der Waals surface area contributed by atoms with Crippen LogP contribution in [0.1, 0.15) is 28.3 Å². The fourth-order valence-corrected chi connectivity index (χ4v) is 2.69. The van der Waals surface area contributed by atoms with Crippen molar-refractivity contribution in [2.75, 3.05) is 0 Å². The van der Waals surface area contributed by atoms with Crippen molar-refractivity contribution in [3.63, 3.8) is 0 Å². The van der Waals surface area contributed by atoms with Crippen molar-refractivity contribution in [3.05, 3.63) is 68.9 Å². The molecule has 0 amide bonds. The van der Waals surface area contributed by atoms with Crippen LogP contribution in [0.2, 0.25) is 0 Å². The van der Waals surface area contributed by atoms with E-state index in [-0.39, 0.29) is 11.9 Å². The molecule has 0 aliphatic carbocycles. The Bertz CT molecular complexity index is 595. The molecule has 0 saturated carbocycles. The maximum Gasteiger partial charge on any atom is 0.123 e. The Hall–Kier alpha value is -1.19. The second kappa shape index (κ2) is 5.85. The van der Waals surface area contributed by atoms with Crippen LogP contribution in [0.4, 0.5) is 4.39 Å². The fourth-order valence-electron chi connectivity index (χ4n) is 2.23. The number of benzene rings is 2. The van der Waals surface area contributed by atoms with Crippen LogP contribution >= 0.6 is 15.9 Å². The molecule has 0 radical (unpaired) electrons. The highest BCUT2D eigenvalue weighted by atomic mass is 79.9. The molecule has 2 rings (SSSR count). The molecule has 3 heteroatoms. The van der Waals surface area contributed by atoms with E-state index in [0.717, 1.165) is 26.7 Å². The maximum atomic E-state index is 13.2. The van der Waals surface area contributed by atoms with Gasteiger partial charge in [-0.2, -0.15) is 0 Å². The lowest BCUT2D eigenvalue weighted by atomic mass is 9.94. The number of rotatable bonds is 3. The molecule has 2 aromatic carbocycles. The van der Waals surface area contributed by atoms with Crippen LogP contribution in [0.3, 0.4) is 0 Å². The first kappa shape index (κ1) is 14.2. The van der Waals surface area contributed by atoms with Gasteiger partial charge in [0.15, 0.2) is 0 Å². The molecule has 0 aliphatic rings. The van der Waals surface area contributed by atoms with Crippen LogP contribution in [0.25, 0.3) is 0 Å². The summed E-state index contributed by atoms with van der Waals surface area (Å²) in [5, 5.41) is 0. The van der Waals surface area contributed by atoms with Crippen molar-refractivity contribution in [1.82, 2.24) is 0 Å². The Labute approximate surface area is 121 Å². The number of aryl methyl sites for hydroxylation is 2. The van der Waals surface area contributed by atoms with Gasteiger partial charge in [0.25, 0.3) is 0 Å². The predicted molar refractivity (Wildman–Crippen MR) is 80.6 cm³/mol. The molecular formula is C16H17BrFN. The maximum absolute atomic E-state index is 13.2. The molecule has 19 heavy (non-hydrogen) atoms. The van der Waals surface area contributed by atoms with Gasteiger partial charge in [-0.25, -0.2) is 4.39 Å². The third-order valence-corrected chi connectivity index (χ3v) is 4.15. The van der Waals surface area contributed by atoms with Crippen LogP contribution in [-0.2, 0) is 6.42 Å². The average Bonchev–Trinajstić information content (AvgIpc) is 2.33. The van der Waals surface area contributed by atoms with Crippen molar-refractivity contribution in [1.29, 1.82) is 0 Å². The molecule has 1 atom stereocenters. The summed E-state index contributed by atoms with van der Waals surface area (Å²) in [4.78, 5) is 0. The molecule has 0 aromatic heterocycles. The standard InChI is InChI=1S/C16H17BrFN/c1-10-7-15(17)11(2)6-14(10)16(19)9-12-4-3-5-13(18)8-12/h3-8,16H,9,19H2,1-2H3. The second-order valence-corrected chi connectivity index (χ2v) is 5.75. The Morgan fingerprint density at radius 3 is 2.58 bits per heavy atom. The monoisotopic (exact) mass is 321 g/mol. The van der Waals surface area contributed by atoms with Gasteiger partial charge in [0.1, 0.15) is 5.82 Å². The lowest BCUT2D eigenvalue weighted by molar-refractivity contribution is 0.622. The highest BCUT2D eigenvalue weighted by Crippen LogP contribution is 2.26. The van der Waals surface area contributed by atoms with Crippen molar-refractivity contribution in [3.8, 4) is 0 Å². The fraction of sp³-hybridized carbons (Fsp3) is 0.250. The van der Waals surface area contributed by atoms with E-state index in [1.807, 2.05) is 19.9 Å². The number of halogens is 2. The molecule has 1 unspecified atom stereocenters. The first-order valence-electron chi connectivity index (χ1n) is 6.24. The zero-order chi connectivity index (χ0) is 14.0. The van der Waals surface area contributed by atoms with Gasteiger partial charge in [-0.3, -0.25) is 0 Å². The summed E-state index contributed by atoms with van der Waals surface area (Å²) in [6, 6.07) is 10.7. The third-order valence-electron chi connectivity index (χ3n) is 3.29. The highest BCUT2D eigenvalue weighted by Gasteiger charge is 2.12. The highest BCUT2D eigenvalue weighted by molar-refractivity contribution is 9.10. The van der Waals surface area contributed by atoms with Crippen molar-refractivity contribution < 1.29 is 4.39 Å². The van der Waals surface area contributed by atoms with Gasteiger partial charge in [0.05, 0.1) is 0 Å². The zero-order valence-electron chi connectivity index (χ0n) is 11.1. The minimum atomic E-state index is -0.214. The molecular weight excluding hydrogens is 305 g/mol. The molecule has 2 N–H and O–H groups in total. The van der Waals surface area contributed by atoms with Gasteiger partial charge < -0.3 is 5.73 Å². The lowest BCUT2D eigenvalue weighted by Gasteiger charge is -2.16. The van der Waals surface area contributed by atoms with Gasteiger partial charge in [0, 0.05) is 10.5 Å². The zero-order valence-corrected chi connectivity index (χ0v) is 12.7. The summed E-state index contributed by atoms with van der Waals surface area (Å²) in [5.74, 6) is -0.214. The van der Waals surface area contributed by atoms with E-state index >= 15 is 0 Å². The largest absolute Gasteiger partial charge is 0.324 e. The topological polar surface area (TPSA) is 26.0 Å². The molecule has 2 aromatic rings. The van der Waals surface area contributed by atoms with E-state index in [9.17, 15) is 4.39 Å². The first-order chi connectivity index (χ1) is 8.97. The Balaban J connectivity index is 2.25. The summed E-state index contributed by atoms with van der Waals surface area (Å²) in [6.07, 6.45) is 0.639. The van der Waals surface area contributed by atoms with E-state index in [2.05, 4.69) is 28.1 Å². The van der Waals surface area contributed by atoms with Crippen LogP contribution in [0.15, 0.2) is 40.9 Å². The van der Waals surface area contributed by atoms with Gasteiger partial charge in [0.2, 0.25) is 0 Å². The summed E-state index contributed by atoms with van der Waals surface area (Å²) < 4.78 is 14.3. The average molecular weight is 322 g/mol. The quantitative estimate of drug-likeness (QED) is 0.888. The molecule has 0 spiro atoms. The number of hydrogen-bond acceptors (Lipinski definition) is 1. The van der Waals surface area contributed by atoms with Crippen molar-refractivity contribution in [2.45, 2.75) is 26.3 Å². The van der Waals surface area contributed by atoms with E-state index in [1.165, 1.54) is 6.07 Å². The van der Waals surface area contributed by atoms with Gasteiger partial charge in [-0.1, -0.05) is 34.1 Å². The molecule has 0 fully saturated rings. The van der Waals surface area contributed by atoms with Crippen LogP contribution < -0.4 is 5.73 Å². The summed E-state index contributed by atoms with van der Waals surface area (Å²) in [6.45, 7) is 4.09. The minimum Gasteiger partial charge on any atom is -0.324 e. The molecule has 0 bridgehead atoms. The van der Waals surface area contributed by atoms with E-state index in [0.29, 0.717) is 6.42 Å². The molecule has 100 valence electrons. The van der Waals surface area contributed by atoms with Crippen LogP contribution in [0.5, 0.6) is 0 Å². The van der Waals surface area contributed by atoms with Crippen LogP contribution in [-0.4, -0.2) is 0 Å². The third kappa shape index (κ3) is 3.43. The SMILES string of the molecule is Cc1cc(C(N)Cc2cccc(F)c2)c(C)cc1Br. The smallest absolute Gasteiger partial charge is 0.123 e. The van der Waals surface area contributed by atoms with Gasteiger partial charge in [-0.05, 0) is 60.7 Å². The van der Waals surface area contributed by atoms with E-state index < -0.39 is 0 Å². The first-order valence-corrected chi connectivity index (χ1v) is 7.03. The van der Waals surface area contributed by atoms with Crippen LogP contribution in [0, 0.1) is 19.7 Å². The minimum absolute atomic E-state index is 0.117. The number of hydrogen-bond donors (Lipinski definition) is 1. The predicted octanol–water partition coefficient (Wildman–Crippen LogP) is 4.45. The second-order valence-electron chi connectivity index (χ2n) is 4.90. The van der Waals surface area contributed by atoms with Crippen molar-refractivity contribution >= 4 is 15.9 Å². The summed E-state index contributed by atoms with van der Waals surface area (Å²) in [7, 11) is 0. The Morgan fingerprint density at radius 2 is 1.89 bits per heavy atom. The van der Waals surface area contributed by atoms with Gasteiger partial charge >= 0.3 is 0 Å². The molecule has 0 heterocycles. The number of nitrogens with two attached hydrogens (primary N) is 1. The molecule has 1 nitrogen and oxygen atoms in total. The normalized spacial score (nSPS) is 12.5. The van der Waals surface area contributed by atoms with E-state index in [1.54, 1.807) is 12.1 Å². The van der Waals surface area contributed by atoms with Crippen molar-refractivity contribution in [2.24, 2.45) is 5.73 Å². The molecule has 0 aliphatic heterocycles. The Morgan fingerprint density at radius 1 is 1.16 bits per heavy atom. The van der Waals surface area contributed by atoms with Gasteiger partial charge in [-0.15, -0.1) is 0 Å². The molecule has 0 saturated heterocycles.